The second-order valence-electron chi connectivity index (χ2n) is 7.58. The standard InChI is InChI=1S/C22H28ClNO3/c1-22(2)26-16-20(27-22)19(18-11-7-4-8-12-18)15-24(21(25)13-23)14-17-9-5-3-6-10-17/h3-7,9-11,19-20H,8,12-16H2,1-2H3/t19?,20-/m0/s1. The summed E-state index contributed by atoms with van der Waals surface area (Å²) < 4.78 is 12.0. The van der Waals surface area contributed by atoms with Gasteiger partial charge in [0.1, 0.15) is 5.88 Å². The maximum Gasteiger partial charge on any atom is 0.237 e. The molecule has 4 nitrogen and oxygen atoms in total. The normalized spacial score (nSPS) is 22.3. The maximum atomic E-state index is 12.6. The Labute approximate surface area is 166 Å². The van der Waals surface area contributed by atoms with Crippen LogP contribution in [-0.4, -0.2) is 41.7 Å². The number of ether oxygens (including phenoxy) is 2. The number of carbonyl (C=O) groups is 1. The topological polar surface area (TPSA) is 38.8 Å². The number of carbonyl (C=O) groups excluding carboxylic acids is 1. The van der Waals surface area contributed by atoms with E-state index >= 15 is 0 Å². The van der Waals surface area contributed by atoms with Crippen LogP contribution in [0.4, 0.5) is 0 Å². The fourth-order valence-electron chi connectivity index (χ4n) is 3.70. The summed E-state index contributed by atoms with van der Waals surface area (Å²) >= 11 is 5.91. The molecule has 0 spiro atoms. The van der Waals surface area contributed by atoms with Crippen molar-refractivity contribution in [1.29, 1.82) is 0 Å². The Morgan fingerprint density at radius 2 is 2.11 bits per heavy atom. The molecule has 1 unspecified atom stereocenters. The lowest BCUT2D eigenvalue weighted by molar-refractivity contribution is -0.145. The van der Waals surface area contributed by atoms with Crippen LogP contribution in [0.25, 0.3) is 0 Å². The van der Waals surface area contributed by atoms with E-state index in [0.717, 1.165) is 18.4 Å². The summed E-state index contributed by atoms with van der Waals surface area (Å²) in [5.74, 6) is -0.580. The molecule has 1 heterocycles. The molecule has 1 aromatic rings. The third kappa shape index (κ3) is 5.44. The van der Waals surface area contributed by atoms with Crippen LogP contribution >= 0.6 is 11.6 Å². The van der Waals surface area contributed by atoms with Crippen molar-refractivity contribution in [2.75, 3.05) is 19.0 Å². The largest absolute Gasteiger partial charge is 0.348 e. The predicted molar refractivity (Wildman–Crippen MR) is 107 cm³/mol. The second-order valence-corrected chi connectivity index (χ2v) is 7.84. The molecule has 2 aliphatic rings. The molecule has 146 valence electrons. The van der Waals surface area contributed by atoms with E-state index in [0.29, 0.717) is 19.7 Å². The van der Waals surface area contributed by atoms with E-state index in [4.69, 9.17) is 21.1 Å². The summed E-state index contributed by atoms with van der Waals surface area (Å²) in [5, 5.41) is 0. The first kappa shape index (κ1) is 20.1. The zero-order valence-electron chi connectivity index (χ0n) is 16.1. The van der Waals surface area contributed by atoms with Crippen molar-refractivity contribution >= 4 is 17.5 Å². The van der Waals surface area contributed by atoms with Gasteiger partial charge in [0.2, 0.25) is 5.91 Å². The SMILES string of the molecule is CC1(C)OC[C@@H](C(CN(Cc2ccccc2)C(=O)CCl)C2=CC=CCC2)O1. The number of amides is 1. The second kappa shape index (κ2) is 9.05. The molecule has 1 aliphatic carbocycles. The van der Waals surface area contributed by atoms with E-state index in [-0.39, 0.29) is 23.8 Å². The van der Waals surface area contributed by atoms with Crippen LogP contribution in [0, 0.1) is 5.92 Å². The van der Waals surface area contributed by atoms with Gasteiger partial charge in [-0.05, 0) is 32.3 Å². The number of hydrogen-bond donors (Lipinski definition) is 0. The van der Waals surface area contributed by atoms with Crippen LogP contribution in [0.1, 0.15) is 32.3 Å². The lowest BCUT2D eigenvalue weighted by Crippen LogP contribution is -2.41. The van der Waals surface area contributed by atoms with Gasteiger partial charge >= 0.3 is 0 Å². The van der Waals surface area contributed by atoms with Gasteiger partial charge < -0.3 is 14.4 Å². The van der Waals surface area contributed by atoms with Gasteiger partial charge in [-0.15, -0.1) is 11.6 Å². The van der Waals surface area contributed by atoms with Crippen LogP contribution in [0.2, 0.25) is 0 Å². The van der Waals surface area contributed by atoms with Crippen molar-refractivity contribution in [3.05, 3.63) is 59.7 Å². The Hall–Kier alpha value is -1.62. The summed E-state index contributed by atoms with van der Waals surface area (Å²) in [5.41, 5.74) is 2.40. The molecule has 0 bridgehead atoms. The minimum absolute atomic E-state index is 0.0218. The number of halogens is 1. The monoisotopic (exact) mass is 389 g/mol. The molecule has 0 saturated carbocycles. The molecule has 0 N–H and O–H groups in total. The van der Waals surface area contributed by atoms with Crippen molar-refractivity contribution in [3.63, 3.8) is 0 Å². The molecule has 1 aliphatic heterocycles. The molecule has 1 saturated heterocycles. The Bertz CT molecular complexity index is 699. The van der Waals surface area contributed by atoms with Gasteiger partial charge in [0.15, 0.2) is 5.79 Å². The van der Waals surface area contributed by atoms with Crippen LogP contribution in [0.15, 0.2) is 54.1 Å². The van der Waals surface area contributed by atoms with Gasteiger partial charge in [-0.3, -0.25) is 4.79 Å². The lowest BCUT2D eigenvalue weighted by Gasteiger charge is -2.33. The molecule has 1 fully saturated rings. The first-order valence-electron chi connectivity index (χ1n) is 9.53. The van der Waals surface area contributed by atoms with Crippen LogP contribution in [-0.2, 0) is 20.8 Å². The Balaban J connectivity index is 1.82. The van der Waals surface area contributed by atoms with Gasteiger partial charge in [0, 0.05) is 19.0 Å². The smallest absolute Gasteiger partial charge is 0.237 e. The highest BCUT2D eigenvalue weighted by atomic mass is 35.5. The van der Waals surface area contributed by atoms with Crippen molar-refractivity contribution < 1.29 is 14.3 Å². The molecule has 1 aromatic carbocycles. The third-order valence-corrected chi connectivity index (χ3v) is 5.33. The van der Waals surface area contributed by atoms with Crippen molar-refractivity contribution in [3.8, 4) is 0 Å². The highest BCUT2D eigenvalue weighted by Crippen LogP contribution is 2.34. The van der Waals surface area contributed by atoms with Gasteiger partial charge in [-0.1, -0.05) is 54.1 Å². The quantitative estimate of drug-likeness (QED) is 0.652. The summed E-state index contributed by atoms with van der Waals surface area (Å²) in [6.45, 7) is 5.52. The molecular formula is C22H28ClNO3. The van der Waals surface area contributed by atoms with Gasteiger partial charge in [0.05, 0.1) is 12.7 Å². The van der Waals surface area contributed by atoms with Crippen LogP contribution in [0.3, 0.4) is 0 Å². The number of nitrogens with zero attached hydrogens (tertiary/aromatic N) is 1. The Morgan fingerprint density at radius 3 is 2.70 bits per heavy atom. The summed E-state index contributed by atoms with van der Waals surface area (Å²) in [4.78, 5) is 14.4. The van der Waals surface area contributed by atoms with E-state index in [9.17, 15) is 4.79 Å². The molecule has 27 heavy (non-hydrogen) atoms. The van der Waals surface area contributed by atoms with Crippen LogP contribution in [0.5, 0.6) is 0 Å². The summed E-state index contributed by atoms with van der Waals surface area (Å²) in [6, 6.07) is 10.0. The molecule has 0 aromatic heterocycles. The molecule has 0 radical (unpaired) electrons. The number of hydrogen-bond acceptors (Lipinski definition) is 3. The summed E-state index contributed by atoms with van der Waals surface area (Å²) in [6.07, 6.45) is 8.35. The fraction of sp³-hybridized carbons (Fsp3) is 0.500. The average Bonchev–Trinajstić information content (AvgIpc) is 3.05. The van der Waals surface area contributed by atoms with Gasteiger partial charge in [-0.2, -0.15) is 0 Å². The van der Waals surface area contributed by atoms with E-state index < -0.39 is 5.79 Å². The third-order valence-electron chi connectivity index (χ3n) is 5.10. The minimum atomic E-state index is -0.589. The van der Waals surface area contributed by atoms with Gasteiger partial charge in [-0.25, -0.2) is 0 Å². The van der Waals surface area contributed by atoms with Crippen molar-refractivity contribution in [1.82, 2.24) is 4.90 Å². The van der Waals surface area contributed by atoms with Crippen molar-refractivity contribution in [2.45, 2.75) is 45.1 Å². The lowest BCUT2D eigenvalue weighted by atomic mass is 9.87. The molecule has 3 rings (SSSR count). The zero-order chi connectivity index (χ0) is 19.3. The predicted octanol–water partition coefficient (Wildman–Crippen LogP) is 4.30. The van der Waals surface area contributed by atoms with Crippen LogP contribution < -0.4 is 0 Å². The molecule has 2 atom stereocenters. The number of allylic oxidation sites excluding steroid dienone is 3. The van der Waals surface area contributed by atoms with E-state index in [2.05, 4.69) is 18.2 Å². The Morgan fingerprint density at radius 1 is 1.33 bits per heavy atom. The molecule has 5 heteroatoms. The minimum Gasteiger partial charge on any atom is -0.348 e. The number of rotatable bonds is 7. The maximum absolute atomic E-state index is 12.6. The van der Waals surface area contributed by atoms with E-state index in [1.54, 1.807) is 0 Å². The molecule has 1 amide bonds. The summed E-state index contributed by atoms with van der Waals surface area (Å²) in [7, 11) is 0. The average molecular weight is 390 g/mol. The number of alkyl halides is 1. The Kier molecular flexibility index (Phi) is 6.74. The highest BCUT2D eigenvalue weighted by Gasteiger charge is 2.39. The highest BCUT2D eigenvalue weighted by molar-refractivity contribution is 6.27. The molecular weight excluding hydrogens is 362 g/mol. The first-order valence-corrected chi connectivity index (χ1v) is 10.1. The van der Waals surface area contributed by atoms with E-state index in [1.165, 1.54) is 5.57 Å². The number of benzene rings is 1. The first-order chi connectivity index (χ1) is 13.0. The van der Waals surface area contributed by atoms with E-state index in [1.807, 2.05) is 49.1 Å². The van der Waals surface area contributed by atoms with Gasteiger partial charge in [0.25, 0.3) is 0 Å². The fourth-order valence-corrected chi connectivity index (χ4v) is 3.87. The zero-order valence-corrected chi connectivity index (χ0v) is 16.8. The van der Waals surface area contributed by atoms with Crippen molar-refractivity contribution in [2.24, 2.45) is 5.92 Å².